The Morgan fingerprint density at radius 1 is 1.37 bits per heavy atom. The Hall–Kier alpha value is -1.99. The van der Waals surface area contributed by atoms with Crippen molar-refractivity contribution in [3.8, 4) is 11.6 Å². The number of nitrogens with zero attached hydrogens (tertiary/aromatic N) is 4. The lowest BCUT2D eigenvalue weighted by molar-refractivity contribution is 0.459. The second kappa shape index (κ2) is 4.94. The van der Waals surface area contributed by atoms with Crippen molar-refractivity contribution in [3.05, 3.63) is 47.0 Å². The molecule has 3 aromatic rings. The fraction of sp³-hybridized carbons (Fsp3) is 0.0833. The summed E-state index contributed by atoms with van der Waals surface area (Å²) in [4.78, 5) is 4.17. The van der Waals surface area contributed by atoms with E-state index in [2.05, 4.69) is 31.1 Å². The van der Waals surface area contributed by atoms with Crippen molar-refractivity contribution in [1.29, 1.82) is 0 Å². The minimum atomic E-state index is 0.380. The van der Waals surface area contributed by atoms with Crippen LogP contribution in [-0.2, 0) is 6.54 Å². The first-order chi connectivity index (χ1) is 9.28. The molecular formula is C12H10BrN5O. The summed E-state index contributed by atoms with van der Waals surface area (Å²) >= 11 is 3.40. The SMILES string of the molecule is NCc1cc(Br)ccc1Oc1nccn2cnnc12. The van der Waals surface area contributed by atoms with Crippen molar-refractivity contribution >= 4 is 21.6 Å². The van der Waals surface area contributed by atoms with E-state index >= 15 is 0 Å². The first-order valence-corrected chi connectivity index (χ1v) is 6.38. The largest absolute Gasteiger partial charge is 0.436 e. The molecule has 0 fully saturated rings. The predicted molar refractivity (Wildman–Crippen MR) is 72.9 cm³/mol. The second-order valence-electron chi connectivity index (χ2n) is 3.85. The van der Waals surface area contributed by atoms with Crippen LogP contribution in [-0.4, -0.2) is 19.6 Å². The van der Waals surface area contributed by atoms with E-state index in [0.717, 1.165) is 10.0 Å². The molecule has 0 aliphatic heterocycles. The highest BCUT2D eigenvalue weighted by Crippen LogP contribution is 2.28. The monoisotopic (exact) mass is 319 g/mol. The molecule has 2 heterocycles. The van der Waals surface area contributed by atoms with E-state index in [4.69, 9.17) is 10.5 Å². The summed E-state index contributed by atoms with van der Waals surface area (Å²) in [6.07, 6.45) is 4.98. The zero-order valence-electron chi connectivity index (χ0n) is 9.82. The molecule has 0 radical (unpaired) electrons. The van der Waals surface area contributed by atoms with E-state index in [0.29, 0.717) is 23.8 Å². The van der Waals surface area contributed by atoms with Crippen LogP contribution in [0.25, 0.3) is 5.65 Å². The molecular weight excluding hydrogens is 310 g/mol. The van der Waals surface area contributed by atoms with Crippen molar-refractivity contribution in [2.75, 3.05) is 0 Å². The third kappa shape index (κ3) is 2.29. The van der Waals surface area contributed by atoms with Gasteiger partial charge in [0.25, 0.3) is 5.88 Å². The van der Waals surface area contributed by atoms with Crippen LogP contribution < -0.4 is 10.5 Å². The highest BCUT2D eigenvalue weighted by Gasteiger charge is 2.10. The van der Waals surface area contributed by atoms with Crippen molar-refractivity contribution in [2.24, 2.45) is 5.73 Å². The van der Waals surface area contributed by atoms with Crippen LogP contribution in [0.5, 0.6) is 11.6 Å². The normalized spacial score (nSPS) is 10.8. The summed E-state index contributed by atoms with van der Waals surface area (Å²) in [5.41, 5.74) is 7.16. The Morgan fingerprint density at radius 3 is 3.11 bits per heavy atom. The van der Waals surface area contributed by atoms with Crippen LogP contribution in [0.4, 0.5) is 0 Å². The van der Waals surface area contributed by atoms with Crippen LogP contribution >= 0.6 is 15.9 Å². The number of ether oxygens (including phenoxy) is 1. The number of fused-ring (bicyclic) bond motifs is 1. The van der Waals surface area contributed by atoms with Crippen LogP contribution in [0.15, 0.2) is 41.4 Å². The van der Waals surface area contributed by atoms with Gasteiger partial charge in [-0.25, -0.2) is 4.98 Å². The van der Waals surface area contributed by atoms with Crippen molar-refractivity contribution in [2.45, 2.75) is 6.54 Å². The summed E-state index contributed by atoms with van der Waals surface area (Å²) in [5, 5.41) is 7.79. The summed E-state index contributed by atoms with van der Waals surface area (Å²) in [5.74, 6) is 1.06. The van der Waals surface area contributed by atoms with Crippen molar-refractivity contribution in [3.63, 3.8) is 0 Å². The smallest absolute Gasteiger partial charge is 0.265 e. The number of hydrogen-bond acceptors (Lipinski definition) is 5. The molecule has 0 amide bonds. The van der Waals surface area contributed by atoms with Gasteiger partial charge in [0.1, 0.15) is 12.1 Å². The van der Waals surface area contributed by atoms with Gasteiger partial charge >= 0.3 is 0 Å². The van der Waals surface area contributed by atoms with Crippen molar-refractivity contribution < 1.29 is 4.74 Å². The van der Waals surface area contributed by atoms with E-state index in [9.17, 15) is 0 Å². The molecule has 0 aliphatic rings. The fourth-order valence-corrected chi connectivity index (χ4v) is 2.13. The summed E-state index contributed by atoms with van der Waals surface area (Å²) in [7, 11) is 0. The molecule has 2 aromatic heterocycles. The van der Waals surface area contributed by atoms with E-state index in [1.807, 2.05) is 18.2 Å². The topological polar surface area (TPSA) is 78.3 Å². The molecule has 1 aromatic carbocycles. The number of benzene rings is 1. The molecule has 2 N–H and O–H groups in total. The van der Waals surface area contributed by atoms with Gasteiger partial charge in [-0.3, -0.25) is 4.40 Å². The van der Waals surface area contributed by atoms with E-state index in [1.54, 1.807) is 23.1 Å². The maximum atomic E-state index is 5.79. The van der Waals surface area contributed by atoms with Gasteiger partial charge < -0.3 is 10.5 Å². The number of rotatable bonds is 3. The standard InChI is InChI=1S/C12H10BrN5O/c13-9-1-2-10(8(5-9)6-14)19-12-11-17-16-7-18(11)4-3-15-12/h1-5,7H,6,14H2. The Balaban J connectivity index is 2.03. The average molecular weight is 320 g/mol. The van der Waals surface area contributed by atoms with Gasteiger partial charge in [-0.2, -0.15) is 0 Å². The molecule has 0 saturated heterocycles. The highest BCUT2D eigenvalue weighted by molar-refractivity contribution is 9.10. The second-order valence-corrected chi connectivity index (χ2v) is 4.77. The number of aromatic nitrogens is 4. The first-order valence-electron chi connectivity index (χ1n) is 5.58. The van der Waals surface area contributed by atoms with Crippen LogP contribution in [0.1, 0.15) is 5.56 Å². The third-order valence-corrected chi connectivity index (χ3v) is 3.13. The van der Waals surface area contributed by atoms with Crippen molar-refractivity contribution in [1.82, 2.24) is 19.6 Å². The van der Waals surface area contributed by atoms with Gasteiger partial charge in [0, 0.05) is 29.0 Å². The summed E-state index contributed by atoms with van der Waals surface area (Å²) in [6.45, 7) is 0.380. The predicted octanol–water partition coefficient (Wildman–Crippen LogP) is 2.14. The van der Waals surface area contributed by atoms with Crippen LogP contribution in [0.2, 0.25) is 0 Å². The number of nitrogens with two attached hydrogens (primary N) is 1. The lowest BCUT2D eigenvalue weighted by atomic mass is 10.2. The average Bonchev–Trinajstić information content (AvgIpc) is 2.90. The van der Waals surface area contributed by atoms with Gasteiger partial charge in [-0.05, 0) is 18.2 Å². The third-order valence-electron chi connectivity index (χ3n) is 2.63. The maximum absolute atomic E-state index is 5.79. The van der Waals surface area contributed by atoms with E-state index in [1.165, 1.54) is 0 Å². The van der Waals surface area contributed by atoms with Gasteiger partial charge in [-0.15, -0.1) is 10.2 Å². The zero-order chi connectivity index (χ0) is 13.2. The highest BCUT2D eigenvalue weighted by atomic mass is 79.9. The Kier molecular flexibility index (Phi) is 3.14. The van der Waals surface area contributed by atoms with Gasteiger partial charge in [0.2, 0.25) is 5.65 Å². The zero-order valence-corrected chi connectivity index (χ0v) is 11.4. The molecule has 6 nitrogen and oxygen atoms in total. The Bertz CT molecular complexity index is 727. The van der Waals surface area contributed by atoms with Gasteiger partial charge in [0.15, 0.2) is 0 Å². The van der Waals surface area contributed by atoms with Crippen LogP contribution in [0, 0.1) is 0 Å². The molecule has 0 spiro atoms. The van der Waals surface area contributed by atoms with E-state index in [-0.39, 0.29) is 0 Å². The maximum Gasteiger partial charge on any atom is 0.265 e. The number of halogens is 1. The molecule has 3 rings (SSSR count). The Morgan fingerprint density at radius 2 is 2.26 bits per heavy atom. The molecule has 0 atom stereocenters. The molecule has 0 aliphatic carbocycles. The minimum absolute atomic E-state index is 0.380. The quantitative estimate of drug-likeness (QED) is 0.800. The first kappa shape index (κ1) is 12.1. The molecule has 7 heteroatoms. The summed E-state index contributed by atoms with van der Waals surface area (Å²) in [6, 6.07) is 5.64. The molecule has 0 unspecified atom stereocenters. The molecule has 96 valence electrons. The van der Waals surface area contributed by atoms with Gasteiger partial charge in [-0.1, -0.05) is 15.9 Å². The Labute approximate surface area is 117 Å². The van der Waals surface area contributed by atoms with Crippen LogP contribution in [0.3, 0.4) is 0 Å². The lowest BCUT2D eigenvalue weighted by Gasteiger charge is -2.09. The molecule has 0 bridgehead atoms. The molecule has 19 heavy (non-hydrogen) atoms. The number of hydrogen-bond donors (Lipinski definition) is 1. The summed E-state index contributed by atoms with van der Waals surface area (Å²) < 4.78 is 8.48. The lowest BCUT2D eigenvalue weighted by Crippen LogP contribution is -2.01. The molecule has 0 saturated carbocycles. The minimum Gasteiger partial charge on any atom is -0.436 e. The fourth-order valence-electron chi connectivity index (χ4n) is 1.72. The van der Waals surface area contributed by atoms with Gasteiger partial charge in [0.05, 0.1) is 0 Å². The van der Waals surface area contributed by atoms with E-state index < -0.39 is 0 Å².